The summed E-state index contributed by atoms with van der Waals surface area (Å²) in [7, 11) is 0. The molecule has 1 saturated carbocycles. The molecule has 9 heteroatoms. The van der Waals surface area contributed by atoms with Gasteiger partial charge in [-0.05, 0) is 37.0 Å². The Morgan fingerprint density at radius 1 is 1.09 bits per heavy atom. The van der Waals surface area contributed by atoms with Crippen LogP contribution in [0.4, 0.5) is 0 Å². The standard InChI is InChI=1S/C26H28N4O4S/c31-23-4-2-1-3-17(23)11-25-29-21-6-5-19(13-24(21)35-25)34-20-7-8-27-22(12-20)18-14-28-30(15-18)16-26-32-9-10-33-26/h5-8,12-15,17,23,26,31H,1-4,9-11,16H2/t17-,23+/m0/s1. The van der Waals surface area contributed by atoms with Gasteiger partial charge in [-0.2, -0.15) is 5.10 Å². The molecule has 35 heavy (non-hydrogen) atoms. The van der Waals surface area contributed by atoms with E-state index in [1.165, 1.54) is 6.42 Å². The van der Waals surface area contributed by atoms with Crippen molar-refractivity contribution in [2.75, 3.05) is 13.2 Å². The van der Waals surface area contributed by atoms with Gasteiger partial charge in [-0.1, -0.05) is 12.8 Å². The van der Waals surface area contributed by atoms with Gasteiger partial charge in [0, 0.05) is 36.5 Å². The Balaban J connectivity index is 1.15. The molecule has 1 aliphatic carbocycles. The number of rotatable bonds is 7. The van der Waals surface area contributed by atoms with E-state index in [0.29, 0.717) is 31.4 Å². The molecule has 4 heterocycles. The van der Waals surface area contributed by atoms with Crippen LogP contribution in [0.2, 0.25) is 0 Å². The number of pyridine rings is 1. The summed E-state index contributed by atoms with van der Waals surface area (Å²) in [6, 6.07) is 9.74. The Hall–Kier alpha value is -2.85. The zero-order valence-corrected chi connectivity index (χ0v) is 20.2. The molecule has 182 valence electrons. The van der Waals surface area contributed by atoms with Gasteiger partial charge in [0.2, 0.25) is 0 Å². The molecule has 1 aliphatic heterocycles. The Bertz CT molecular complexity index is 1300. The molecule has 1 aromatic carbocycles. The number of ether oxygens (including phenoxy) is 3. The van der Waals surface area contributed by atoms with E-state index in [-0.39, 0.29) is 12.4 Å². The second kappa shape index (κ2) is 10.0. The summed E-state index contributed by atoms with van der Waals surface area (Å²) in [4.78, 5) is 9.28. The van der Waals surface area contributed by atoms with Crippen molar-refractivity contribution in [3.8, 4) is 22.8 Å². The van der Waals surface area contributed by atoms with Crippen LogP contribution in [0.15, 0.2) is 48.9 Å². The van der Waals surface area contributed by atoms with Gasteiger partial charge < -0.3 is 19.3 Å². The predicted octanol–water partition coefficient (Wildman–Crippen LogP) is 4.81. The Labute approximate surface area is 207 Å². The van der Waals surface area contributed by atoms with Crippen LogP contribution in [0.25, 0.3) is 21.5 Å². The van der Waals surface area contributed by atoms with Crippen molar-refractivity contribution in [1.82, 2.24) is 19.7 Å². The monoisotopic (exact) mass is 492 g/mol. The lowest BCUT2D eigenvalue weighted by molar-refractivity contribution is -0.0545. The van der Waals surface area contributed by atoms with Gasteiger partial charge >= 0.3 is 0 Å². The molecule has 2 atom stereocenters. The molecule has 0 radical (unpaired) electrons. The Morgan fingerprint density at radius 3 is 2.83 bits per heavy atom. The number of hydrogen-bond donors (Lipinski definition) is 1. The van der Waals surface area contributed by atoms with Gasteiger partial charge in [-0.3, -0.25) is 9.67 Å². The largest absolute Gasteiger partial charge is 0.457 e. The highest BCUT2D eigenvalue weighted by molar-refractivity contribution is 7.18. The molecule has 0 unspecified atom stereocenters. The lowest BCUT2D eigenvalue weighted by atomic mass is 9.84. The van der Waals surface area contributed by atoms with E-state index in [4.69, 9.17) is 19.2 Å². The summed E-state index contributed by atoms with van der Waals surface area (Å²) >= 11 is 1.69. The van der Waals surface area contributed by atoms with E-state index in [1.54, 1.807) is 23.7 Å². The number of aliphatic hydroxyl groups excluding tert-OH is 1. The smallest absolute Gasteiger partial charge is 0.177 e. The van der Waals surface area contributed by atoms with Crippen LogP contribution >= 0.6 is 11.3 Å². The third-order valence-corrected chi connectivity index (χ3v) is 7.67. The van der Waals surface area contributed by atoms with Crippen LogP contribution in [-0.2, 0) is 22.4 Å². The SMILES string of the molecule is O[C@@H]1CCCC[C@H]1Cc1nc2ccc(Oc3ccnc(-c4cnn(CC5OCCO5)c4)c3)cc2s1. The Morgan fingerprint density at radius 2 is 1.94 bits per heavy atom. The minimum absolute atomic E-state index is 0.202. The molecule has 3 aromatic heterocycles. The summed E-state index contributed by atoms with van der Waals surface area (Å²) in [5.74, 6) is 1.78. The molecular weight excluding hydrogens is 464 g/mol. The van der Waals surface area contributed by atoms with Crippen LogP contribution < -0.4 is 4.74 Å². The molecule has 2 aliphatic rings. The van der Waals surface area contributed by atoms with Crippen LogP contribution in [-0.4, -0.2) is 50.5 Å². The fraction of sp³-hybridized carbons (Fsp3) is 0.423. The van der Waals surface area contributed by atoms with E-state index in [2.05, 4.69) is 10.1 Å². The molecule has 0 amide bonds. The van der Waals surface area contributed by atoms with Crippen molar-refractivity contribution < 1.29 is 19.3 Å². The van der Waals surface area contributed by atoms with Crippen molar-refractivity contribution in [2.45, 2.75) is 51.0 Å². The third-order valence-electron chi connectivity index (χ3n) is 6.63. The lowest BCUT2D eigenvalue weighted by Crippen LogP contribution is -2.26. The van der Waals surface area contributed by atoms with Crippen molar-refractivity contribution >= 4 is 21.6 Å². The van der Waals surface area contributed by atoms with Gasteiger partial charge in [-0.15, -0.1) is 11.3 Å². The number of benzene rings is 1. The molecule has 0 spiro atoms. The van der Waals surface area contributed by atoms with Crippen molar-refractivity contribution in [3.63, 3.8) is 0 Å². The van der Waals surface area contributed by atoms with Crippen molar-refractivity contribution in [2.24, 2.45) is 5.92 Å². The maximum Gasteiger partial charge on any atom is 0.177 e. The average molecular weight is 493 g/mol. The maximum absolute atomic E-state index is 10.3. The highest BCUT2D eigenvalue weighted by atomic mass is 32.1. The second-order valence-electron chi connectivity index (χ2n) is 9.15. The number of aromatic nitrogens is 4. The number of nitrogens with zero attached hydrogens (tertiary/aromatic N) is 4. The second-order valence-corrected chi connectivity index (χ2v) is 10.3. The molecule has 1 N–H and O–H groups in total. The number of hydrogen-bond acceptors (Lipinski definition) is 8. The summed E-state index contributed by atoms with van der Waals surface area (Å²) < 4.78 is 20.1. The van der Waals surface area contributed by atoms with Crippen LogP contribution in [0.1, 0.15) is 30.7 Å². The topological polar surface area (TPSA) is 91.5 Å². The van der Waals surface area contributed by atoms with Gasteiger partial charge in [0.05, 0.1) is 53.0 Å². The van der Waals surface area contributed by atoms with Crippen LogP contribution in [0.3, 0.4) is 0 Å². The summed E-state index contributed by atoms with van der Waals surface area (Å²) in [5.41, 5.74) is 2.66. The highest BCUT2D eigenvalue weighted by Gasteiger charge is 2.24. The molecular formula is C26H28N4O4S. The molecule has 6 rings (SSSR count). The van der Waals surface area contributed by atoms with Gasteiger partial charge in [-0.25, -0.2) is 4.98 Å². The van der Waals surface area contributed by atoms with E-state index in [9.17, 15) is 5.11 Å². The third kappa shape index (κ3) is 5.23. The normalized spacial score (nSPS) is 21.1. The van der Waals surface area contributed by atoms with E-state index in [0.717, 1.165) is 57.9 Å². The number of thiazole rings is 1. The van der Waals surface area contributed by atoms with Crippen molar-refractivity contribution in [1.29, 1.82) is 0 Å². The first-order valence-corrected chi connectivity index (χ1v) is 13.0. The van der Waals surface area contributed by atoms with Gasteiger partial charge in [0.15, 0.2) is 6.29 Å². The molecule has 0 bridgehead atoms. The average Bonchev–Trinajstić information content (AvgIpc) is 3.62. The fourth-order valence-corrected chi connectivity index (χ4v) is 5.87. The number of fused-ring (bicyclic) bond motifs is 1. The fourth-order valence-electron chi connectivity index (χ4n) is 4.78. The predicted molar refractivity (Wildman–Crippen MR) is 133 cm³/mol. The first kappa shape index (κ1) is 22.6. The summed E-state index contributed by atoms with van der Waals surface area (Å²) in [6.07, 6.45) is 10.2. The van der Waals surface area contributed by atoms with Gasteiger partial charge in [0.25, 0.3) is 0 Å². The van der Waals surface area contributed by atoms with Crippen molar-refractivity contribution in [3.05, 3.63) is 53.9 Å². The Kier molecular flexibility index (Phi) is 6.47. The molecule has 8 nitrogen and oxygen atoms in total. The van der Waals surface area contributed by atoms with Gasteiger partial charge in [0.1, 0.15) is 11.5 Å². The minimum atomic E-state index is -0.250. The van der Waals surface area contributed by atoms with E-state index >= 15 is 0 Å². The van der Waals surface area contributed by atoms with E-state index in [1.807, 2.05) is 41.2 Å². The summed E-state index contributed by atoms with van der Waals surface area (Å²) in [5, 5.41) is 15.8. The van der Waals surface area contributed by atoms with Crippen LogP contribution in [0.5, 0.6) is 11.5 Å². The zero-order chi connectivity index (χ0) is 23.6. The number of aliphatic hydroxyl groups is 1. The summed E-state index contributed by atoms with van der Waals surface area (Å²) in [6.45, 7) is 1.79. The molecule has 2 fully saturated rings. The zero-order valence-electron chi connectivity index (χ0n) is 19.4. The molecule has 4 aromatic rings. The maximum atomic E-state index is 10.3. The quantitative estimate of drug-likeness (QED) is 0.396. The first-order valence-electron chi connectivity index (χ1n) is 12.2. The molecule has 1 saturated heterocycles. The first-order chi connectivity index (χ1) is 17.2. The van der Waals surface area contributed by atoms with Crippen LogP contribution in [0, 0.1) is 5.92 Å². The van der Waals surface area contributed by atoms with E-state index < -0.39 is 0 Å². The lowest BCUT2D eigenvalue weighted by Gasteiger charge is -2.26. The highest BCUT2D eigenvalue weighted by Crippen LogP contribution is 2.33. The minimum Gasteiger partial charge on any atom is -0.457 e.